The van der Waals surface area contributed by atoms with Crippen LogP contribution in [0, 0.1) is 0 Å². The van der Waals surface area contributed by atoms with E-state index in [0.29, 0.717) is 11.3 Å². The van der Waals surface area contributed by atoms with Gasteiger partial charge in [0.25, 0.3) is 5.56 Å². The molecule has 0 spiro atoms. The number of aromatic nitrogens is 3. The molecule has 28 heavy (non-hydrogen) atoms. The van der Waals surface area contributed by atoms with E-state index in [0.717, 1.165) is 16.8 Å². The summed E-state index contributed by atoms with van der Waals surface area (Å²) < 4.78 is 30.7. The number of alkyl halides is 2. The monoisotopic (exact) mass is 379 g/mol. The highest BCUT2D eigenvalue weighted by molar-refractivity contribution is 5.71. The van der Waals surface area contributed by atoms with Gasteiger partial charge in [0, 0.05) is 6.20 Å². The Morgan fingerprint density at radius 3 is 2.43 bits per heavy atom. The predicted molar refractivity (Wildman–Crippen MR) is 102 cm³/mol. The topological polar surface area (TPSA) is 59.9 Å². The van der Waals surface area contributed by atoms with E-state index in [-0.39, 0.29) is 11.3 Å². The largest absolute Gasteiger partial charge is 0.435 e. The lowest BCUT2D eigenvalue weighted by molar-refractivity contribution is -0.0498. The maximum absolute atomic E-state index is 12.5. The fraction of sp³-hybridized carbons (Fsp3) is 0.0476. The number of hydrogen-bond donors (Lipinski definition) is 1. The Morgan fingerprint density at radius 2 is 1.71 bits per heavy atom. The highest BCUT2D eigenvalue weighted by Gasteiger charge is 2.13. The summed E-state index contributed by atoms with van der Waals surface area (Å²) in [5, 5.41) is 4.32. The van der Waals surface area contributed by atoms with Gasteiger partial charge in [0.2, 0.25) is 0 Å². The average molecular weight is 379 g/mol. The van der Waals surface area contributed by atoms with Crippen LogP contribution in [0.1, 0.15) is 0 Å². The minimum absolute atomic E-state index is 0.0746. The molecule has 0 unspecified atom stereocenters. The molecule has 0 saturated heterocycles. The Bertz CT molecular complexity index is 1140. The van der Waals surface area contributed by atoms with Gasteiger partial charge in [-0.3, -0.25) is 4.79 Å². The lowest BCUT2D eigenvalue weighted by Gasteiger charge is -2.09. The summed E-state index contributed by atoms with van der Waals surface area (Å²) in [5.74, 6) is 0.0746. The number of benzene rings is 2. The van der Waals surface area contributed by atoms with Crippen molar-refractivity contribution < 1.29 is 13.5 Å². The summed E-state index contributed by atoms with van der Waals surface area (Å²) >= 11 is 0. The fourth-order valence-electron chi connectivity index (χ4n) is 2.95. The van der Waals surface area contributed by atoms with Crippen LogP contribution in [-0.4, -0.2) is 21.4 Å². The molecule has 0 bridgehead atoms. The summed E-state index contributed by atoms with van der Waals surface area (Å²) in [6, 6.07) is 19.2. The number of rotatable bonds is 5. The predicted octanol–water partition coefficient (Wildman–Crippen LogP) is 4.50. The van der Waals surface area contributed by atoms with Crippen LogP contribution in [0.2, 0.25) is 0 Å². The second-order valence-corrected chi connectivity index (χ2v) is 6.00. The third kappa shape index (κ3) is 3.55. The SMILES string of the molecule is O=c1[nH]cc(-c2ccc(OC(F)F)cc2)cc1-c1ccnn1-c1ccccc1. The molecule has 140 valence electrons. The molecule has 0 fully saturated rings. The van der Waals surface area contributed by atoms with Crippen molar-refractivity contribution >= 4 is 0 Å². The first-order chi connectivity index (χ1) is 13.6. The maximum Gasteiger partial charge on any atom is 0.387 e. The lowest BCUT2D eigenvalue weighted by atomic mass is 10.0. The number of ether oxygens (including phenoxy) is 1. The van der Waals surface area contributed by atoms with Crippen molar-refractivity contribution in [3.05, 3.63) is 89.5 Å². The van der Waals surface area contributed by atoms with Crippen LogP contribution in [0.5, 0.6) is 5.75 Å². The normalized spacial score (nSPS) is 11.0. The standard InChI is InChI=1S/C21H15F2N3O2/c22-21(23)28-17-8-6-14(7-9-17)15-12-18(20(27)24-13-15)19-10-11-25-26(19)16-4-2-1-3-5-16/h1-13,21H,(H,24,27). The molecule has 2 aromatic carbocycles. The van der Waals surface area contributed by atoms with E-state index in [4.69, 9.17) is 0 Å². The molecule has 0 aliphatic heterocycles. The molecule has 0 aliphatic rings. The van der Waals surface area contributed by atoms with Crippen LogP contribution in [-0.2, 0) is 0 Å². The van der Waals surface area contributed by atoms with Crippen molar-refractivity contribution in [2.45, 2.75) is 6.61 Å². The van der Waals surface area contributed by atoms with Crippen molar-refractivity contribution in [3.63, 3.8) is 0 Å². The molecule has 0 radical (unpaired) electrons. The summed E-state index contributed by atoms with van der Waals surface area (Å²) in [6.07, 6.45) is 3.21. The minimum atomic E-state index is -2.87. The number of halogens is 2. The zero-order valence-electron chi connectivity index (χ0n) is 14.5. The first-order valence-electron chi connectivity index (χ1n) is 8.49. The van der Waals surface area contributed by atoms with Gasteiger partial charge in [-0.2, -0.15) is 13.9 Å². The molecule has 0 aliphatic carbocycles. The summed E-state index contributed by atoms with van der Waals surface area (Å²) in [6.45, 7) is -2.87. The first-order valence-corrected chi connectivity index (χ1v) is 8.49. The van der Waals surface area contributed by atoms with Gasteiger partial charge in [0.05, 0.1) is 23.1 Å². The number of nitrogens with one attached hydrogen (secondary N) is 1. The number of para-hydroxylation sites is 1. The Morgan fingerprint density at radius 1 is 0.964 bits per heavy atom. The van der Waals surface area contributed by atoms with Crippen molar-refractivity contribution in [2.75, 3.05) is 0 Å². The Kier molecular flexibility index (Phi) is 4.72. The Balaban J connectivity index is 1.73. The van der Waals surface area contributed by atoms with Crippen LogP contribution < -0.4 is 10.3 Å². The van der Waals surface area contributed by atoms with Crippen molar-refractivity contribution in [2.24, 2.45) is 0 Å². The molecule has 2 aromatic heterocycles. The molecule has 2 heterocycles. The fourth-order valence-corrected chi connectivity index (χ4v) is 2.95. The smallest absolute Gasteiger partial charge is 0.387 e. The van der Waals surface area contributed by atoms with Crippen LogP contribution in [0.4, 0.5) is 8.78 Å². The Labute approximate surface area is 158 Å². The van der Waals surface area contributed by atoms with Gasteiger partial charge in [-0.15, -0.1) is 0 Å². The molecule has 5 nitrogen and oxygen atoms in total. The van der Waals surface area contributed by atoms with E-state index in [2.05, 4.69) is 14.8 Å². The number of H-pyrrole nitrogens is 1. The molecular weight excluding hydrogens is 364 g/mol. The Hall–Kier alpha value is -3.74. The van der Waals surface area contributed by atoms with Crippen LogP contribution in [0.3, 0.4) is 0 Å². The molecule has 0 amide bonds. The van der Waals surface area contributed by atoms with E-state index < -0.39 is 6.61 Å². The molecule has 0 saturated carbocycles. The molecule has 7 heteroatoms. The van der Waals surface area contributed by atoms with Crippen molar-refractivity contribution in [1.29, 1.82) is 0 Å². The highest BCUT2D eigenvalue weighted by Crippen LogP contribution is 2.26. The number of pyridine rings is 1. The van der Waals surface area contributed by atoms with E-state index in [1.165, 1.54) is 12.1 Å². The van der Waals surface area contributed by atoms with Crippen LogP contribution >= 0.6 is 0 Å². The number of hydrogen-bond acceptors (Lipinski definition) is 3. The van der Waals surface area contributed by atoms with Gasteiger partial charge < -0.3 is 9.72 Å². The zero-order valence-corrected chi connectivity index (χ0v) is 14.5. The minimum Gasteiger partial charge on any atom is -0.435 e. The third-order valence-corrected chi connectivity index (χ3v) is 4.24. The average Bonchev–Trinajstić information content (AvgIpc) is 3.19. The first kappa shape index (κ1) is 17.7. The molecule has 0 atom stereocenters. The second kappa shape index (κ2) is 7.48. The molecule has 1 N–H and O–H groups in total. The molecular formula is C21H15F2N3O2. The van der Waals surface area contributed by atoms with Gasteiger partial charge in [0.15, 0.2) is 0 Å². The third-order valence-electron chi connectivity index (χ3n) is 4.24. The van der Waals surface area contributed by atoms with Gasteiger partial charge in [0.1, 0.15) is 5.75 Å². The number of nitrogens with zero attached hydrogens (tertiary/aromatic N) is 2. The van der Waals surface area contributed by atoms with Crippen molar-refractivity contribution in [3.8, 4) is 33.8 Å². The van der Waals surface area contributed by atoms with Gasteiger partial charge in [-0.1, -0.05) is 30.3 Å². The highest BCUT2D eigenvalue weighted by atomic mass is 19.3. The van der Waals surface area contributed by atoms with Crippen LogP contribution in [0.25, 0.3) is 28.1 Å². The van der Waals surface area contributed by atoms with E-state index in [1.807, 2.05) is 30.3 Å². The molecule has 4 rings (SSSR count). The van der Waals surface area contributed by atoms with Gasteiger partial charge >= 0.3 is 6.61 Å². The van der Waals surface area contributed by atoms with Gasteiger partial charge in [-0.05, 0) is 47.5 Å². The van der Waals surface area contributed by atoms with E-state index in [9.17, 15) is 13.6 Å². The van der Waals surface area contributed by atoms with Crippen LogP contribution in [0.15, 0.2) is 83.9 Å². The summed E-state index contributed by atoms with van der Waals surface area (Å²) in [4.78, 5) is 15.2. The van der Waals surface area contributed by atoms with Gasteiger partial charge in [-0.25, -0.2) is 4.68 Å². The summed E-state index contributed by atoms with van der Waals surface area (Å²) in [7, 11) is 0. The summed E-state index contributed by atoms with van der Waals surface area (Å²) in [5.41, 5.74) is 3.17. The number of aromatic amines is 1. The van der Waals surface area contributed by atoms with E-state index >= 15 is 0 Å². The lowest BCUT2D eigenvalue weighted by Crippen LogP contribution is -2.11. The van der Waals surface area contributed by atoms with E-state index in [1.54, 1.807) is 41.3 Å². The molecule has 4 aromatic rings. The quantitative estimate of drug-likeness (QED) is 0.556. The zero-order chi connectivity index (χ0) is 19.5. The van der Waals surface area contributed by atoms with Crippen molar-refractivity contribution in [1.82, 2.24) is 14.8 Å². The second-order valence-electron chi connectivity index (χ2n) is 6.00. The maximum atomic E-state index is 12.5.